The molecule has 0 saturated carbocycles. The van der Waals surface area contributed by atoms with E-state index < -0.39 is 11.6 Å². The Morgan fingerprint density at radius 2 is 1.91 bits per heavy atom. The van der Waals surface area contributed by atoms with Crippen molar-refractivity contribution in [3.8, 4) is 0 Å². The molecule has 1 aromatic carbocycles. The lowest BCUT2D eigenvalue weighted by molar-refractivity contribution is -0.102. The van der Waals surface area contributed by atoms with Gasteiger partial charge in [0.05, 0.1) is 18.5 Å². The molecule has 23 heavy (non-hydrogen) atoms. The van der Waals surface area contributed by atoms with Crippen molar-refractivity contribution in [2.45, 2.75) is 31.4 Å². The maximum atomic E-state index is 13.3. The lowest BCUT2D eigenvalue weighted by atomic mass is 9.83. The van der Waals surface area contributed by atoms with Gasteiger partial charge in [-0.05, 0) is 42.5 Å². The van der Waals surface area contributed by atoms with E-state index in [1.807, 2.05) is 6.20 Å². The molecular weight excluding hydrogens is 300 g/mol. The number of ether oxygens (including phenoxy) is 1. The number of hydrogen-bond acceptors (Lipinski definition) is 3. The third-order valence-corrected chi connectivity index (χ3v) is 4.92. The molecule has 1 aromatic heterocycles. The summed E-state index contributed by atoms with van der Waals surface area (Å²) in [7, 11) is 0. The Hall–Kier alpha value is -1.79. The second-order valence-electron chi connectivity index (χ2n) is 6.42. The molecule has 2 aliphatic heterocycles. The number of aromatic nitrogens is 2. The first-order valence-electron chi connectivity index (χ1n) is 7.99. The van der Waals surface area contributed by atoms with Crippen LogP contribution < -0.4 is 0 Å². The van der Waals surface area contributed by atoms with Gasteiger partial charge in [0.1, 0.15) is 17.2 Å². The minimum atomic E-state index is -0.522. The molecule has 4 rings (SSSR count). The number of nitrogens with zero attached hydrogens (tertiary/aromatic N) is 2. The van der Waals surface area contributed by atoms with Gasteiger partial charge in [-0.3, -0.25) is 10.00 Å². The van der Waals surface area contributed by atoms with Gasteiger partial charge in [-0.1, -0.05) is 0 Å². The zero-order valence-corrected chi connectivity index (χ0v) is 12.8. The maximum Gasteiger partial charge on any atom is 0.126 e. The second kappa shape index (κ2) is 5.69. The molecular formula is C17H19F2N3O. The zero-order chi connectivity index (χ0) is 15.9. The van der Waals surface area contributed by atoms with Crippen LogP contribution in [0, 0.1) is 11.6 Å². The zero-order valence-electron chi connectivity index (χ0n) is 12.8. The summed E-state index contributed by atoms with van der Waals surface area (Å²) in [6.45, 7) is 2.94. The number of likely N-dealkylation sites (tertiary alicyclic amines) is 1. The Labute approximate surface area is 133 Å². The van der Waals surface area contributed by atoms with Crippen LogP contribution in [0.4, 0.5) is 8.78 Å². The Balaban J connectivity index is 1.46. The van der Waals surface area contributed by atoms with Crippen molar-refractivity contribution in [1.29, 1.82) is 0 Å². The molecule has 1 saturated heterocycles. The molecule has 6 heteroatoms. The Bertz CT molecular complexity index is 687. The van der Waals surface area contributed by atoms with Crippen molar-refractivity contribution >= 4 is 0 Å². The van der Waals surface area contributed by atoms with Crippen LogP contribution in [-0.2, 0) is 23.3 Å². The van der Waals surface area contributed by atoms with Gasteiger partial charge < -0.3 is 4.74 Å². The van der Waals surface area contributed by atoms with E-state index in [1.54, 1.807) is 0 Å². The van der Waals surface area contributed by atoms with E-state index in [9.17, 15) is 8.78 Å². The van der Waals surface area contributed by atoms with Crippen LogP contribution in [-0.4, -0.2) is 34.8 Å². The molecule has 3 heterocycles. The summed E-state index contributed by atoms with van der Waals surface area (Å²) < 4.78 is 32.7. The van der Waals surface area contributed by atoms with Crippen molar-refractivity contribution in [2.75, 3.05) is 19.7 Å². The third-order valence-electron chi connectivity index (χ3n) is 4.92. The Morgan fingerprint density at radius 3 is 2.65 bits per heavy atom. The third kappa shape index (κ3) is 2.77. The predicted octanol–water partition coefficient (Wildman–Crippen LogP) is 2.75. The number of hydrogen-bond donors (Lipinski definition) is 1. The average molecular weight is 319 g/mol. The molecule has 0 unspecified atom stereocenters. The standard InChI is InChI=1S/C17H19F2N3O/c18-14-7-12(8-15(19)9-14)11-22-4-2-17(3-5-22)16-13(1-6-23-17)10-20-21-16/h7-10H,1-6,11H2,(H,20,21). The fraction of sp³-hybridized carbons (Fsp3) is 0.471. The summed E-state index contributed by atoms with van der Waals surface area (Å²) in [5.41, 5.74) is 2.76. The van der Waals surface area contributed by atoms with E-state index in [0.29, 0.717) is 12.1 Å². The van der Waals surface area contributed by atoms with Crippen molar-refractivity contribution < 1.29 is 13.5 Å². The molecule has 4 nitrogen and oxygen atoms in total. The van der Waals surface area contributed by atoms with Crippen LogP contribution in [0.1, 0.15) is 29.7 Å². The lowest BCUT2D eigenvalue weighted by Crippen LogP contribution is -2.46. The van der Waals surface area contributed by atoms with Crippen molar-refractivity contribution in [3.05, 3.63) is 52.9 Å². The first-order valence-corrected chi connectivity index (χ1v) is 7.99. The first kappa shape index (κ1) is 14.8. The number of benzene rings is 1. The van der Waals surface area contributed by atoms with Crippen LogP contribution in [0.15, 0.2) is 24.4 Å². The van der Waals surface area contributed by atoms with E-state index in [-0.39, 0.29) is 5.60 Å². The van der Waals surface area contributed by atoms with E-state index in [2.05, 4.69) is 15.1 Å². The predicted molar refractivity (Wildman–Crippen MR) is 80.8 cm³/mol. The molecule has 2 aliphatic rings. The maximum absolute atomic E-state index is 13.3. The molecule has 1 spiro atoms. The highest BCUT2D eigenvalue weighted by atomic mass is 19.1. The SMILES string of the molecule is Fc1cc(F)cc(CN2CCC3(CC2)OCCc2cn[nH]c23)c1. The van der Waals surface area contributed by atoms with Gasteiger partial charge in [-0.2, -0.15) is 5.10 Å². The normalized spacial score (nSPS) is 20.6. The summed E-state index contributed by atoms with van der Waals surface area (Å²) >= 11 is 0. The van der Waals surface area contributed by atoms with Crippen LogP contribution >= 0.6 is 0 Å². The van der Waals surface area contributed by atoms with Gasteiger partial charge in [0.25, 0.3) is 0 Å². The summed E-state index contributed by atoms with van der Waals surface area (Å²) in [5, 5.41) is 7.26. The quantitative estimate of drug-likeness (QED) is 0.925. The van der Waals surface area contributed by atoms with Crippen LogP contribution in [0.5, 0.6) is 0 Å². The molecule has 1 fully saturated rings. The summed E-state index contributed by atoms with van der Waals surface area (Å²) in [4.78, 5) is 2.22. The number of rotatable bonds is 2. The average Bonchev–Trinajstić information content (AvgIpc) is 2.99. The largest absolute Gasteiger partial charge is 0.368 e. The smallest absolute Gasteiger partial charge is 0.126 e. The summed E-state index contributed by atoms with van der Waals surface area (Å²) in [6, 6.07) is 3.71. The van der Waals surface area contributed by atoms with Crippen LogP contribution in [0.25, 0.3) is 0 Å². The van der Waals surface area contributed by atoms with E-state index >= 15 is 0 Å². The number of nitrogens with one attached hydrogen (secondary N) is 1. The highest BCUT2D eigenvalue weighted by Crippen LogP contribution is 2.40. The van der Waals surface area contributed by atoms with Crippen molar-refractivity contribution in [3.63, 3.8) is 0 Å². The number of aromatic amines is 1. The first-order chi connectivity index (χ1) is 11.1. The molecule has 0 atom stereocenters. The van der Waals surface area contributed by atoms with Gasteiger partial charge in [-0.15, -0.1) is 0 Å². The van der Waals surface area contributed by atoms with E-state index in [0.717, 1.165) is 50.7 Å². The van der Waals surface area contributed by atoms with Crippen molar-refractivity contribution in [1.82, 2.24) is 15.1 Å². The molecule has 1 N–H and O–H groups in total. The van der Waals surface area contributed by atoms with Crippen molar-refractivity contribution in [2.24, 2.45) is 0 Å². The Morgan fingerprint density at radius 1 is 1.17 bits per heavy atom. The molecule has 0 bridgehead atoms. The minimum Gasteiger partial charge on any atom is -0.368 e. The Kier molecular flexibility index (Phi) is 3.66. The van der Waals surface area contributed by atoms with E-state index in [4.69, 9.17) is 4.74 Å². The number of piperidine rings is 1. The number of fused-ring (bicyclic) bond motifs is 2. The lowest BCUT2D eigenvalue weighted by Gasteiger charge is -2.43. The van der Waals surface area contributed by atoms with Gasteiger partial charge in [0.15, 0.2) is 0 Å². The summed E-state index contributed by atoms with van der Waals surface area (Å²) in [5.74, 6) is -1.04. The van der Waals surface area contributed by atoms with Gasteiger partial charge >= 0.3 is 0 Å². The van der Waals surface area contributed by atoms with Gasteiger partial charge in [0, 0.05) is 25.7 Å². The fourth-order valence-electron chi connectivity index (χ4n) is 3.75. The van der Waals surface area contributed by atoms with E-state index in [1.165, 1.54) is 17.7 Å². The number of halogens is 2. The highest BCUT2D eigenvalue weighted by molar-refractivity contribution is 5.27. The molecule has 2 aromatic rings. The van der Waals surface area contributed by atoms with Gasteiger partial charge in [-0.25, -0.2) is 8.78 Å². The number of H-pyrrole nitrogens is 1. The minimum absolute atomic E-state index is 0.270. The van der Waals surface area contributed by atoms with Gasteiger partial charge in [0.2, 0.25) is 0 Å². The monoisotopic (exact) mass is 319 g/mol. The van der Waals surface area contributed by atoms with Crippen LogP contribution in [0.3, 0.4) is 0 Å². The molecule has 122 valence electrons. The van der Waals surface area contributed by atoms with Crippen LogP contribution in [0.2, 0.25) is 0 Å². The highest BCUT2D eigenvalue weighted by Gasteiger charge is 2.42. The molecule has 0 radical (unpaired) electrons. The summed E-state index contributed by atoms with van der Waals surface area (Å²) in [6.07, 6.45) is 4.52. The molecule has 0 aliphatic carbocycles. The topological polar surface area (TPSA) is 41.1 Å². The molecule has 0 amide bonds. The second-order valence-corrected chi connectivity index (χ2v) is 6.42. The fourth-order valence-corrected chi connectivity index (χ4v) is 3.75.